The molecular weight excluding hydrogens is 288 g/mol. The fraction of sp³-hybridized carbons (Fsp3) is 0.875. The first-order valence-corrected chi connectivity index (χ1v) is 8.71. The third kappa shape index (κ3) is 3.53. The summed E-state index contributed by atoms with van der Waals surface area (Å²) in [6.45, 7) is 0.950. The molecule has 0 aliphatic heterocycles. The largest absolute Gasteiger partial charge is 0.354 e. The Labute approximate surface area is 131 Å². The standard InChI is InChI=1S/C16H25ClN2O2/c17-10-15(21)19-2-1-18-14(20)9-16-6-11-3-12(7-16)5-13(4-11)8-16/h11-13H,1-10H2,(H,18,20)(H,19,21). The summed E-state index contributed by atoms with van der Waals surface area (Å²) < 4.78 is 0. The van der Waals surface area contributed by atoms with Crippen LogP contribution >= 0.6 is 11.6 Å². The smallest absolute Gasteiger partial charge is 0.234 e. The summed E-state index contributed by atoms with van der Waals surface area (Å²) >= 11 is 5.40. The molecule has 2 N–H and O–H groups in total. The number of hydrogen-bond donors (Lipinski definition) is 2. The topological polar surface area (TPSA) is 58.2 Å². The van der Waals surface area contributed by atoms with Gasteiger partial charge in [0.2, 0.25) is 11.8 Å². The van der Waals surface area contributed by atoms with Crippen LogP contribution in [-0.2, 0) is 9.59 Å². The summed E-state index contributed by atoms with van der Waals surface area (Å²) in [4.78, 5) is 23.2. The maximum Gasteiger partial charge on any atom is 0.234 e. The first-order chi connectivity index (χ1) is 10.1. The molecule has 4 aliphatic carbocycles. The van der Waals surface area contributed by atoms with Crippen LogP contribution in [0.1, 0.15) is 44.9 Å². The lowest BCUT2D eigenvalue weighted by Gasteiger charge is -2.56. The van der Waals surface area contributed by atoms with Crippen molar-refractivity contribution in [1.29, 1.82) is 0 Å². The molecular formula is C16H25ClN2O2. The zero-order valence-electron chi connectivity index (χ0n) is 12.5. The maximum absolute atomic E-state index is 12.2. The first kappa shape index (κ1) is 15.1. The summed E-state index contributed by atoms with van der Waals surface area (Å²) in [5.41, 5.74) is 0.290. The second kappa shape index (κ2) is 6.15. The van der Waals surface area contributed by atoms with Crippen LogP contribution in [0.4, 0.5) is 0 Å². The van der Waals surface area contributed by atoms with Gasteiger partial charge in [0.05, 0.1) is 0 Å². The number of carbonyl (C=O) groups excluding carboxylic acids is 2. The van der Waals surface area contributed by atoms with Crippen molar-refractivity contribution < 1.29 is 9.59 Å². The molecule has 0 saturated heterocycles. The van der Waals surface area contributed by atoms with Crippen molar-refractivity contribution in [1.82, 2.24) is 10.6 Å². The molecule has 4 rings (SSSR count). The zero-order chi connectivity index (χ0) is 14.9. The van der Waals surface area contributed by atoms with Gasteiger partial charge < -0.3 is 10.6 Å². The van der Waals surface area contributed by atoms with E-state index in [2.05, 4.69) is 10.6 Å². The molecule has 21 heavy (non-hydrogen) atoms. The SMILES string of the molecule is O=C(CCl)NCCNC(=O)CC12CC3CC(CC(C3)C1)C2. The molecule has 4 fully saturated rings. The highest BCUT2D eigenvalue weighted by molar-refractivity contribution is 6.27. The molecule has 4 nitrogen and oxygen atoms in total. The molecule has 5 heteroatoms. The third-order valence-corrected chi connectivity index (χ3v) is 5.83. The van der Waals surface area contributed by atoms with Crippen LogP contribution in [0.25, 0.3) is 0 Å². The quantitative estimate of drug-likeness (QED) is 0.582. The molecule has 0 spiro atoms. The molecule has 2 amide bonds. The molecule has 0 atom stereocenters. The number of carbonyl (C=O) groups is 2. The van der Waals surface area contributed by atoms with Gasteiger partial charge in [0.25, 0.3) is 0 Å². The Kier molecular flexibility index (Phi) is 4.43. The van der Waals surface area contributed by atoms with Gasteiger partial charge in [-0.05, 0) is 61.7 Å². The fourth-order valence-electron chi connectivity index (χ4n) is 5.36. The van der Waals surface area contributed by atoms with Gasteiger partial charge in [0.1, 0.15) is 5.88 Å². The van der Waals surface area contributed by atoms with Crippen molar-refractivity contribution in [3.8, 4) is 0 Å². The van der Waals surface area contributed by atoms with Gasteiger partial charge >= 0.3 is 0 Å². The lowest BCUT2D eigenvalue weighted by atomic mass is 9.49. The number of rotatable bonds is 6. The Hall–Kier alpha value is -0.770. The fourth-order valence-corrected chi connectivity index (χ4v) is 5.46. The molecule has 0 radical (unpaired) electrons. The normalized spacial score (nSPS) is 36.5. The highest BCUT2D eigenvalue weighted by atomic mass is 35.5. The van der Waals surface area contributed by atoms with Crippen LogP contribution in [0.3, 0.4) is 0 Å². The van der Waals surface area contributed by atoms with Gasteiger partial charge in [-0.1, -0.05) is 0 Å². The van der Waals surface area contributed by atoms with Crippen molar-refractivity contribution in [2.45, 2.75) is 44.9 Å². The van der Waals surface area contributed by atoms with E-state index in [4.69, 9.17) is 11.6 Å². The van der Waals surface area contributed by atoms with Crippen LogP contribution in [0, 0.1) is 23.2 Å². The predicted octanol–water partition coefficient (Wildman–Crippen LogP) is 2.06. The Morgan fingerprint density at radius 2 is 1.38 bits per heavy atom. The molecule has 0 aromatic heterocycles. The van der Waals surface area contributed by atoms with Crippen LogP contribution in [-0.4, -0.2) is 30.8 Å². The van der Waals surface area contributed by atoms with Crippen LogP contribution < -0.4 is 10.6 Å². The second-order valence-corrected chi connectivity index (χ2v) is 7.70. The van der Waals surface area contributed by atoms with Crippen molar-refractivity contribution in [3.05, 3.63) is 0 Å². The molecule has 0 unspecified atom stereocenters. The van der Waals surface area contributed by atoms with E-state index in [0.29, 0.717) is 19.5 Å². The highest BCUT2D eigenvalue weighted by Gasteiger charge is 2.51. The monoisotopic (exact) mass is 312 g/mol. The van der Waals surface area contributed by atoms with Crippen molar-refractivity contribution in [3.63, 3.8) is 0 Å². The number of alkyl halides is 1. The average Bonchev–Trinajstić information content (AvgIpc) is 2.41. The van der Waals surface area contributed by atoms with Crippen molar-refractivity contribution >= 4 is 23.4 Å². The third-order valence-electron chi connectivity index (χ3n) is 5.59. The number of nitrogens with one attached hydrogen (secondary N) is 2. The minimum atomic E-state index is -0.188. The summed E-state index contributed by atoms with van der Waals surface area (Å²) in [7, 11) is 0. The lowest BCUT2D eigenvalue weighted by molar-refractivity contribution is -0.129. The van der Waals surface area contributed by atoms with Crippen LogP contribution in [0.15, 0.2) is 0 Å². The van der Waals surface area contributed by atoms with E-state index in [0.717, 1.165) is 17.8 Å². The van der Waals surface area contributed by atoms with Crippen molar-refractivity contribution in [2.75, 3.05) is 19.0 Å². The first-order valence-electron chi connectivity index (χ1n) is 8.18. The van der Waals surface area contributed by atoms with E-state index in [9.17, 15) is 9.59 Å². The summed E-state index contributed by atoms with van der Waals surface area (Å²) in [5, 5.41) is 5.60. The Morgan fingerprint density at radius 1 is 0.905 bits per heavy atom. The summed E-state index contributed by atoms with van der Waals surface area (Å²) in [6.07, 6.45) is 8.68. The van der Waals surface area contributed by atoms with E-state index in [1.807, 2.05) is 0 Å². The minimum absolute atomic E-state index is 0.0266. The zero-order valence-corrected chi connectivity index (χ0v) is 13.3. The maximum atomic E-state index is 12.2. The second-order valence-electron chi connectivity index (χ2n) is 7.43. The van der Waals surface area contributed by atoms with Gasteiger partial charge in [-0.25, -0.2) is 0 Å². The lowest BCUT2D eigenvalue weighted by Crippen LogP contribution is -2.48. The molecule has 4 aliphatic rings. The van der Waals surface area contributed by atoms with Gasteiger partial charge in [0.15, 0.2) is 0 Å². The van der Waals surface area contributed by atoms with E-state index >= 15 is 0 Å². The molecule has 4 bridgehead atoms. The van der Waals surface area contributed by atoms with Gasteiger partial charge in [-0.2, -0.15) is 0 Å². The molecule has 4 saturated carbocycles. The van der Waals surface area contributed by atoms with E-state index < -0.39 is 0 Å². The predicted molar refractivity (Wildman–Crippen MR) is 82.0 cm³/mol. The Balaban J connectivity index is 1.43. The van der Waals surface area contributed by atoms with Gasteiger partial charge in [0, 0.05) is 19.5 Å². The molecule has 118 valence electrons. The van der Waals surface area contributed by atoms with Crippen molar-refractivity contribution in [2.24, 2.45) is 23.2 Å². The highest BCUT2D eigenvalue weighted by Crippen LogP contribution is 2.61. The summed E-state index contributed by atoms with van der Waals surface area (Å²) in [5.74, 6) is 2.58. The number of halogens is 1. The van der Waals surface area contributed by atoms with Gasteiger partial charge in [-0.3, -0.25) is 9.59 Å². The van der Waals surface area contributed by atoms with Crippen LogP contribution in [0.2, 0.25) is 0 Å². The average molecular weight is 313 g/mol. The summed E-state index contributed by atoms with van der Waals surface area (Å²) in [6, 6.07) is 0. The number of hydrogen-bond acceptors (Lipinski definition) is 2. The Morgan fingerprint density at radius 3 is 1.86 bits per heavy atom. The van der Waals surface area contributed by atoms with Gasteiger partial charge in [-0.15, -0.1) is 11.6 Å². The minimum Gasteiger partial charge on any atom is -0.354 e. The van der Waals surface area contributed by atoms with E-state index in [1.54, 1.807) is 0 Å². The van der Waals surface area contributed by atoms with E-state index in [1.165, 1.54) is 38.5 Å². The number of amides is 2. The molecule has 0 heterocycles. The molecule has 0 aromatic carbocycles. The van der Waals surface area contributed by atoms with E-state index in [-0.39, 0.29) is 23.1 Å². The Bertz CT molecular complexity index is 389. The van der Waals surface area contributed by atoms with Crippen LogP contribution in [0.5, 0.6) is 0 Å². The molecule has 0 aromatic rings.